The van der Waals surface area contributed by atoms with Gasteiger partial charge in [-0.2, -0.15) is 0 Å². The molecule has 0 fully saturated rings. The van der Waals surface area contributed by atoms with E-state index in [4.69, 9.17) is 9.47 Å². The molecule has 0 bridgehead atoms. The number of methoxy groups -OCH3 is 2. The third kappa shape index (κ3) is 1.96. The predicted molar refractivity (Wildman–Crippen MR) is 72.7 cm³/mol. The summed E-state index contributed by atoms with van der Waals surface area (Å²) in [6.45, 7) is 5.85. The highest BCUT2D eigenvalue weighted by molar-refractivity contribution is 5.82. The summed E-state index contributed by atoms with van der Waals surface area (Å²) < 4.78 is 12.7. The van der Waals surface area contributed by atoms with Gasteiger partial charge in [0.05, 0.1) is 25.3 Å². The van der Waals surface area contributed by atoms with Gasteiger partial charge in [-0.3, -0.25) is 0 Å². The first kappa shape index (κ1) is 12.5. The lowest BCUT2D eigenvalue weighted by Gasteiger charge is -2.09. The number of nitrogens with zero attached hydrogens (tertiary/aromatic N) is 2. The van der Waals surface area contributed by atoms with E-state index < -0.39 is 0 Å². The van der Waals surface area contributed by atoms with E-state index in [1.54, 1.807) is 14.2 Å². The van der Waals surface area contributed by atoms with Gasteiger partial charge in [-0.15, -0.1) is 0 Å². The number of hydrogen-bond acceptors (Lipinski definition) is 4. The maximum atomic E-state index is 5.33. The number of imidazole rings is 1. The molecule has 1 aromatic heterocycles. The average Bonchev–Trinajstić information content (AvgIpc) is 2.73. The fraction of sp³-hybridized carbons (Fsp3) is 0.462. The standard InChI is InChI=1S/C13H19N3O2/c1-5-14-13-15-9-7-11(17-3)12(18-4)8-10(9)16(13)6-2/h7-8H,5-6H2,1-4H3,(H,14,15). The second-order valence-electron chi connectivity index (χ2n) is 3.91. The van der Waals surface area contributed by atoms with Crippen LogP contribution in [0.25, 0.3) is 11.0 Å². The highest BCUT2D eigenvalue weighted by Gasteiger charge is 2.13. The third-order valence-corrected chi connectivity index (χ3v) is 2.90. The van der Waals surface area contributed by atoms with Crippen LogP contribution in [0.3, 0.4) is 0 Å². The molecule has 2 aromatic rings. The molecule has 5 nitrogen and oxygen atoms in total. The number of aromatic nitrogens is 2. The highest BCUT2D eigenvalue weighted by atomic mass is 16.5. The molecule has 0 aliphatic rings. The van der Waals surface area contributed by atoms with Gasteiger partial charge in [0, 0.05) is 25.2 Å². The van der Waals surface area contributed by atoms with E-state index in [0.717, 1.165) is 35.8 Å². The molecule has 0 spiro atoms. The van der Waals surface area contributed by atoms with E-state index in [2.05, 4.69) is 28.7 Å². The van der Waals surface area contributed by atoms with Crippen LogP contribution in [0.15, 0.2) is 12.1 Å². The average molecular weight is 249 g/mol. The summed E-state index contributed by atoms with van der Waals surface area (Å²) in [6.07, 6.45) is 0. The van der Waals surface area contributed by atoms with Crippen molar-refractivity contribution >= 4 is 17.0 Å². The lowest BCUT2D eigenvalue weighted by atomic mass is 10.2. The SMILES string of the molecule is CCNc1nc2cc(OC)c(OC)cc2n1CC. The van der Waals surface area contributed by atoms with Crippen LogP contribution in [0, 0.1) is 0 Å². The van der Waals surface area contributed by atoms with Crippen molar-refractivity contribution in [2.45, 2.75) is 20.4 Å². The summed E-state index contributed by atoms with van der Waals surface area (Å²) in [5, 5.41) is 3.26. The fourth-order valence-corrected chi connectivity index (χ4v) is 2.06. The minimum atomic E-state index is 0.703. The molecule has 0 saturated carbocycles. The molecule has 1 heterocycles. The molecule has 0 amide bonds. The molecule has 0 atom stereocenters. The van der Waals surface area contributed by atoms with Gasteiger partial charge in [-0.05, 0) is 13.8 Å². The van der Waals surface area contributed by atoms with Crippen LogP contribution >= 0.6 is 0 Å². The van der Waals surface area contributed by atoms with Crippen molar-refractivity contribution in [3.05, 3.63) is 12.1 Å². The maximum absolute atomic E-state index is 5.33. The van der Waals surface area contributed by atoms with Crippen LogP contribution in [-0.4, -0.2) is 30.3 Å². The van der Waals surface area contributed by atoms with Gasteiger partial charge in [0.25, 0.3) is 0 Å². The summed E-state index contributed by atoms with van der Waals surface area (Å²) in [4.78, 5) is 4.57. The summed E-state index contributed by atoms with van der Waals surface area (Å²) in [5.74, 6) is 2.31. The largest absolute Gasteiger partial charge is 0.493 e. The van der Waals surface area contributed by atoms with Crippen molar-refractivity contribution in [3.63, 3.8) is 0 Å². The van der Waals surface area contributed by atoms with Gasteiger partial charge in [0.1, 0.15) is 0 Å². The number of ether oxygens (including phenoxy) is 2. The molecule has 1 N–H and O–H groups in total. The number of benzene rings is 1. The van der Waals surface area contributed by atoms with Gasteiger partial charge < -0.3 is 19.4 Å². The smallest absolute Gasteiger partial charge is 0.203 e. The zero-order valence-corrected chi connectivity index (χ0v) is 11.3. The van der Waals surface area contributed by atoms with Gasteiger partial charge in [-0.25, -0.2) is 4.98 Å². The monoisotopic (exact) mass is 249 g/mol. The van der Waals surface area contributed by atoms with Crippen molar-refractivity contribution in [3.8, 4) is 11.5 Å². The van der Waals surface area contributed by atoms with Crippen molar-refractivity contribution in [2.75, 3.05) is 26.1 Å². The van der Waals surface area contributed by atoms with Crippen LogP contribution in [0.1, 0.15) is 13.8 Å². The van der Waals surface area contributed by atoms with Crippen LogP contribution in [0.4, 0.5) is 5.95 Å². The fourth-order valence-electron chi connectivity index (χ4n) is 2.06. The number of aryl methyl sites for hydroxylation is 1. The van der Waals surface area contributed by atoms with Crippen molar-refractivity contribution in [1.29, 1.82) is 0 Å². The minimum Gasteiger partial charge on any atom is -0.493 e. The van der Waals surface area contributed by atoms with Gasteiger partial charge in [0.15, 0.2) is 11.5 Å². The van der Waals surface area contributed by atoms with Crippen molar-refractivity contribution < 1.29 is 9.47 Å². The Morgan fingerprint density at radius 1 is 1.17 bits per heavy atom. The quantitative estimate of drug-likeness (QED) is 0.884. The summed E-state index contributed by atoms with van der Waals surface area (Å²) in [7, 11) is 3.27. The Labute approximate surface area is 107 Å². The van der Waals surface area contributed by atoms with Crippen LogP contribution in [0.5, 0.6) is 11.5 Å². The normalized spacial score (nSPS) is 10.7. The van der Waals surface area contributed by atoms with E-state index in [-0.39, 0.29) is 0 Å². The van der Waals surface area contributed by atoms with Crippen LogP contribution < -0.4 is 14.8 Å². The van der Waals surface area contributed by atoms with Gasteiger partial charge in [-0.1, -0.05) is 0 Å². The zero-order valence-electron chi connectivity index (χ0n) is 11.3. The van der Waals surface area contributed by atoms with E-state index in [0.29, 0.717) is 5.75 Å². The molecule has 0 aliphatic carbocycles. The predicted octanol–water partition coefficient (Wildman–Crippen LogP) is 2.51. The lowest BCUT2D eigenvalue weighted by molar-refractivity contribution is 0.355. The van der Waals surface area contributed by atoms with E-state index >= 15 is 0 Å². The van der Waals surface area contributed by atoms with E-state index in [9.17, 15) is 0 Å². The Balaban J connectivity index is 2.64. The summed E-state index contributed by atoms with van der Waals surface area (Å²) in [5.41, 5.74) is 1.96. The maximum Gasteiger partial charge on any atom is 0.203 e. The third-order valence-electron chi connectivity index (χ3n) is 2.90. The van der Waals surface area contributed by atoms with Gasteiger partial charge >= 0.3 is 0 Å². The first-order valence-electron chi connectivity index (χ1n) is 6.11. The van der Waals surface area contributed by atoms with E-state index in [1.807, 2.05) is 12.1 Å². The molecule has 0 aliphatic heterocycles. The number of hydrogen-bond donors (Lipinski definition) is 1. The van der Waals surface area contributed by atoms with E-state index in [1.165, 1.54) is 0 Å². The summed E-state index contributed by atoms with van der Waals surface area (Å²) in [6, 6.07) is 3.87. The summed E-state index contributed by atoms with van der Waals surface area (Å²) >= 11 is 0. The Morgan fingerprint density at radius 2 is 1.83 bits per heavy atom. The Morgan fingerprint density at radius 3 is 2.39 bits per heavy atom. The van der Waals surface area contributed by atoms with Gasteiger partial charge in [0.2, 0.25) is 5.95 Å². The van der Waals surface area contributed by atoms with Crippen LogP contribution in [-0.2, 0) is 6.54 Å². The molecule has 98 valence electrons. The minimum absolute atomic E-state index is 0.703. The topological polar surface area (TPSA) is 48.3 Å². The molecular formula is C13H19N3O2. The molecule has 5 heteroatoms. The molecular weight excluding hydrogens is 230 g/mol. The molecule has 18 heavy (non-hydrogen) atoms. The number of rotatable bonds is 5. The van der Waals surface area contributed by atoms with Crippen LogP contribution in [0.2, 0.25) is 0 Å². The number of nitrogens with one attached hydrogen (secondary N) is 1. The first-order valence-corrected chi connectivity index (χ1v) is 6.11. The Kier molecular flexibility index (Phi) is 3.60. The molecule has 1 aromatic carbocycles. The number of anilines is 1. The zero-order chi connectivity index (χ0) is 13.1. The second-order valence-corrected chi connectivity index (χ2v) is 3.91. The van der Waals surface area contributed by atoms with Crippen molar-refractivity contribution in [1.82, 2.24) is 9.55 Å². The molecule has 0 unspecified atom stereocenters. The molecule has 0 radical (unpaired) electrons. The Hall–Kier alpha value is -1.91. The second kappa shape index (κ2) is 5.16. The lowest BCUT2D eigenvalue weighted by Crippen LogP contribution is -2.05. The first-order chi connectivity index (χ1) is 8.74. The molecule has 0 saturated heterocycles. The van der Waals surface area contributed by atoms with Crippen molar-refractivity contribution in [2.24, 2.45) is 0 Å². The number of fused-ring (bicyclic) bond motifs is 1. The molecule has 2 rings (SSSR count). The highest BCUT2D eigenvalue weighted by Crippen LogP contribution is 2.33. The Bertz CT molecular complexity index is 549.